The topological polar surface area (TPSA) is 80.6 Å². The molecule has 3 aromatic rings. The van der Waals surface area contributed by atoms with Gasteiger partial charge in [0.2, 0.25) is 0 Å². The van der Waals surface area contributed by atoms with Crippen molar-refractivity contribution in [3.8, 4) is 5.75 Å². The molecule has 0 unspecified atom stereocenters. The Labute approximate surface area is 188 Å². The maximum atomic E-state index is 13.2. The molecular formula is C26H28N2O4. The molecule has 0 aliphatic heterocycles. The summed E-state index contributed by atoms with van der Waals surface area (Å²) in [5.74, 6) is 0.308. The number of hydrogen-bond donors (Lipinski definition) is 2. The van der Waals surface area contributed by atoms with E-state index in [-0.39, 0.29) is 11.7 Å². The zero-order valence-corrected chi connectivity index (χ0v) is 18.8. The number of aryl methyl sites for hydroxylation is 2. The number of nitrogens with one attached hydrogen (secondary N) is 2. The summed E-state index contributed by atoms with van der Waals surface area (Å²) in [7, 11) is 1.56. The summed E-state index contributed by atoms with van der Waals surface area (Å²) in [5, 5.41) is 5.75. The third-order valence-corrected chi connectivity index (χ3v) is 5.32. The molecule has 32 heavy (non-hydrogen) atoms. The van der Waals surface area contributed by atoms with E-state index < -0.39 is 11.8 Å². The highest BCUT2D eigenvalue weighted by molar-refractivity contribution is 6.05. The lowest BCUT2D eigenvalue weighted by Gasteiger charge is -2.20. The van der Waals surface area contributed by atoms with Crippen molar-refractivity contribution in [1.82, 2.24) is 10.6 Å². The van der Waals surface area contributed by atoms with Gasteiger partial charge >= 0.3 is 0 Å². The van der Waals surface area contributed by atoms with Crippen molar-refractivity contribution < 1.29 is 18.7 Å². The molecule has 6 nitrogen and oxygen atoms in total. The van der Waals surface area contributed by atoms with Gasteiger partial charge in [0.25, 0.3) is 11.8 Å². The predicted octanol–water partition coefficient (Wildman–Crippen LogP) is 4.94. The van der Waals surface area contributed by atoms with Crippen LogP contribution in [0.15, 0.2) is 71.0 Å². The summed E-state index contributed by atoms with van der Waals surface area (Å²) in [6.45, 7) is 6.11. The lowest BCUT2D eigenvalue weighted by atomic mass is 9.99. The highest BCUT2D eigenvalue weighted by atomic mass is 16.5. The predicted molar refractivity (Wildman–Crippen MR) is 124 cm³/mol. The van der Waals surface area contributed by atoms with Crippen LogP contribution >= 0.6 is 0 Å². The summed E-state index contributed by atoms with van der Waals surface area (Å²) < 4.78 is 10.5. The summed E-state index contributed by atoms with van der Waals surface area (Å²) in [6.07, 6.45) is 3.73. The van der Waals surface area contributed by atoms with E-state index in [4.69, 9.17) is 9.15 Å². The van der Waals surface area contributed by atoms with Gasteiger partial charge in [-0.1, -0.05) is 25.1 Å². The van der Waals surface area contributed by atoms with Crippen LogP contribution in [-0.2, 0) is 4.79 Å². The number of furan rings is 1. The largest absolute Gasteiger partial charge is 0.497 e. The van der Waals surface area contributed by atoms with Gasteiger partial charge in [0, 0.05) is 11.6 Å². The highest BCUT2D eigenvalue weighted by Crippen LogP contribution is 2.21. The van der Waals surface area contributed by atoms with E-state index >= 15 is 0 Å². The number of methoxy groups -OCH3 is 1. The molecular weight excluding hydrogens is 404 g/mol. The molecule has 166 valence electrons. The van der Waals surface area contributed by atoms with Crippen molar-refractivity contribution in [1.29, 1.82) is 0 Å². The van der Waals surface area contributed by atoms with Gasteiger partial charge in [-0.2, -0.15) is 0 Å². The van der Waals surface area contributed by atoms with Crippen LogP contribution in [-0.4, -0.2) is 18.9 Å². The van der Waals surface area contributed by atoms with Gasteiger partial charge in [0.1, 0.15) is 17.2 Å². The minimum absolute atomic E-state index is 0.100. The fraction of sp³-hybridized carbons (Fsp3) is 0.231. The average molecular weight is 433 g/mol. The number of carbonyl (C=O) groups excluding carboxylic acids is 2. The second kappa shape index (κ2) is 10.5. The van der Waals surface area contributed by atoms with E-state index in [9.17, 15) is 9.59 Å². The Kier molecular flexibility index (Phi) is 7.49. The monoisotopic (exact) mass is 432 g/mol. The maximum absolute atomic E-state index is 13.2. The quantitative estimate of drug-likeness (QED) is 0.494. The Bertz CT molecular complexity index is 1100. The van der Waals surface area contributed by atoms with Crippen LogP contribution < -0.4 is 15.4 Å². The van der Waals surface area contributed by atoms with Crippen LogP contribution in [0.25, 0.3) is 6.08 Å². The van der Waals surface area contributed by atoms with Crippen LogP contribution in [0, 0.1) is 13.8 Å². The van der Waals surface area contributed by atoms with Gasteiger partial charge < -0.3 is 19.8 Å². The second-order valence-electron chi connectivity index (χ2n) is 7.53. The first-order valence-corrected chi connectivity index (χ1v) is 10.5. The molecule has 0 spiro atoms. The van der Waals surface area contributed by atoms with Crippen molar-refractivity contribution in [2.75, 3.05) is 7.11 Å². The highest BCUT2D eigenvalue weighted by Gasteiger charge is 2.19. The van der Waals surface area contributed by atoms with Crippen molar-refractivity contribution >= 4 is 17.9 Å². The molecule has 0 bridgehead atoms. The molecule has 0 saturated heterocycles. The molecule has 0 aliphatic carbocycles. The standard InChI is InChI=1S/C26H28N2O4/c1-5-23(20-9-8-17(2)18(3)15-20)27-26(30)24(16-22-7-6-14-32-22)28-25(29)19-10-12-21(31-4)13-11-19/h6-16,23H,5H2,1-4H3,(H,27,30)(H,28,29)/b24-16-/t23-/m1/s1. The lowest BCUT2D eigenvalue weighted by molar-refractivity contribution is -0.118. The van der Waals surface area contributed by atoms with Gasteiger partial charge in [-0.15, -0.1) is 0 Å². The van der Waals surface area contributed by atoms with E-state index in [1.54, 1.807) is 43.5 Å². The maximum Gasteiger partial charge on any atom is 0.268 e. The molecule has 1 heterocycles. The first-order chi connectivity index (χ1) is 15.4. The molecule has 2 N–H and O–H groups in total. The Morgan fingerprint density at radius 3 is 2.41 bits per heavy atom. The average Bonchev–Trinajstić information content (AvgIpc) is 3.32. The molecule has 0 saturated carbocycles. The SMILES string of the molecule is CC[C@@H](NC(=O)/C(=C/c1ccco1)NC(=O)c1ccc(OC)cc1)c1ccc(C)c(C)c1. The molecule has 1 atom stereocenters. The van der Waals surface area contributed by atoms with Crippen LogP contribution in [0.5, 0.6) is 5.75 Å². The summed E-state index contributed by atoms with van der Waals surface area (Å²) in [5.41, 5.74) is 3.88. The van der Waals surface area contributed by atoms with Crippen LogP contribution in [0.3, 0.4) is 0 Å². The van der Waals surface area contributed by atoms with Gasteiger partial charge in [-0.3, -0.25) is 9.59 Å². The molecule has 2 aromatic carbocycles. The van der Waals surface area contributed by atoms with E-state index in [0.717, 1.165) is 11.1 Å². The Morgan fingerprint density at radius 1 is 1.06 bits per heavy atom. The Morgan fingerprint density at radius 2 is 1.81 bits per heavy atom. The number of benzene rings is 2. The zero-order valence-electron chi connectivity index (χ0n) is 18.8. The molecule has 0 fully saturated rings. The number of hydrogen-bond acceptors (Lipinski definition) is 4. The Balaban J connectivity index is 1.83. The summed E-state index contributed by atoms with van der Waals surface area (Å²) in [4.78, 5) is 26.0. The van der Waals surface area contributed by atoms with Crippen LogP contribution in [0.4, 0.5) is 0 Å². The van der Waals surface area contributed by atoms with Crippen molar-refractivity contribution in [3.63, 3.8) is 0 Å². The fourth-order valence-electron chi connectivity index (χ4n) is 3.25. The summed E-state index contributed by atoms with van der Waals surface area (Å²) in [6, 6.07) is 16.0. The molecule has 0 aliphatic rings. The van der Waals surface area contributed by atoms with Crippen LogP contribution in [0.1, 0.15) is 52.2 Å². The third-order valence-electron chi connectivity index (χ3n) is 5.32. The lowest BCUT2D eigenvalue weighted by Crippen LogP contribution is -2.36. The van der Waals surface area contributed by atoms with E-state index in [2.05, 4.69) is 23.6 Å². The van der Waals surface area contributed by atoms with Gasteiger partial charge in [0.05, 0.1) is 19.4 Å². The van der Waals surface area contributed by atoms with Gasteiger partial charge in [0.15, 0.2) is 0 Å². The Hall–Kier alpha value is -3.80. The van der Waals surface area contributed by atoms with Gasteiger partial charge in [-0.05, 0) is 73.4 Å². The van der Waals surface area contributed by atoms with Crippen molar-refractivity contribution in [2.45, 2.75) is 33.2 Å². The van der Waals surface area contributed by atoms with Crippen molar-refractivity contribution in [2.24, 2.45) is 0 Å². The first-order valence-electron chi connectivity index (χ1n) is 10.5. The smallest absolute Gasteiger partial charge is 0.268 e. The second-order valence-corrected chi connectivity index (χ2v) is 7.53. The van der Waals surface area contributed by atoms with E-state index in [1.807, 2.05) is 26.0 Å². The number of rotatable bonds is 8. The van der Waals surface area contributed by atoms with E-state index in [1.165, 1.54) is 17.9 Å². The fourth-order valence-corrected chi connectivity index (χ4v) is 3.25. The molecule has 6 heteroatoms. The zero-order chi connectivity index (χ0) is 23.1. The van der Waals surface area contributed by atoms with Crippen LogP contribution in [0.2, 0.25) is 0 Å². The molecule has 0 radical (unpaired) electrons. The number of carbonyl (C=O) groups is 2. The van der Waals surface area contributed by atoms with E-state index in [0.29, 0.717) is 23.5 Å². The number of ether oxygens (including phenoxy) is 1. The minimum atomic E-state index is -0.403. The number of amides is 2. The normalized spacial score (nSPS) is 12.2. The minimum Gasteiger partial charge on any atom is -0.497 e. The molecule has 1 aromatic heterocycles. The molecule has 3 rings (SSSR count). The summed E-state index contributed by atoms with van der Waals surface area (Å²) >= 11 is 0. The third kappa shape index (κ3) is 5.66. The van der Waals surface area contributed by atoms with Crippen molar-refractivity contribution in [3.05, 3.63) is 94.6 Å². The first kappa shape index (κ1) is 22.9. The van der Waals surface area contributed by atoms with Gasteiger partial charge in [-0.25, -0.2) is 0 Å². The molecule has 2 amide bonds.